The fraction of sp³-hybridized carbons (Fsp3) is 0.345. The van der Waals surface area contributed by atoms with Crippen molar-refractivity contribution < 1.29 is 18.5 Å². The Morgan fingerprint density at radius 1 is 1.00 bits per heavy atom. The smallest absolute Gasteiger partial charge is 0.402 e. The number of benzene rings is 2. The highest BCUT2D eigenvalue weighted by atomic mass is 19.1. The molecule has 3 heterocycles. The Labute approximate surface area is 228 Å². The van der Waals surface area contributed by atoms with Gasteiger partial charge >= 0.3 is 7.12 Å². The van der Waals surface area contributed by atoms with Gasteiger partial charge in [0.05, 0.1) is 42.0 Å². The van der Waals surface area contributed by atoms with Crippen molar-refractivity contribution in [3.05, 3.63) is 107 Å². The number of rotatable bonds is 8. The maximum Gasteiger partial charge on any atom is 0.486 e. The molecule has 1 amide bonds. The van der Waals surface area contributed by atoms with Gasteiger partial charge in [-0.25, -0.2) is 4.39 Å². The highest BCUT2D eigenvalue weighted by Gasteiger charge is 2.55. The number of aromatic nitrogens is 4. The molecule has 10 heteroatoms. The van der Waals surface area contributed by atoms with E-state index < -0.39 is 36.0 Å². The van der Waals surface area contributed by atoms with Crippen molar-refractivity contribution in [1.82, 2.24) is 24.9 Å². The molecule has 0 radical (unpaired) electrons. The van der Waals surface area contributed by atoms with E-state index in [0.29, 0.717) is 24.2 Å². The average Bonchev–Trinajstić information content (AvgIpc) is 3.59. The molecule has 1 N–H and O–H groups in total. The Hall–Kier alpha value is -3.76. The first-order valence-corrected chi connectivity index (χ1v) is 13.0. The average molecular weight is 529 g/mol. The molecule has 39 heavy (non-hydrogen) atoms. The summed E-state index contributed by atoms with van der Waals surface area (Å²) in [5, 5.41) is 11.6. The van der Waals surface area contributed by atoms with Gasteiger partial charge < -0.3 is 14.6 Å². The molecule has 2 aromatic heterocycles. The lowest BCUT2D eigenvalue weighted by Gasteiger charge is -2.32. The fourth-order valence-corrected chi connectivity index (χ4v) is 4.51. The first-order chi connectivity index (χ1) is 18.5. The lowest BCUT2D eigenvalue weighted by Crippen LogP contribution is -2.41. The monoisotopic (exact) mass is 529 g/mol. The van der Waals surface area contributed by atoms with Crippen LogP contribution in [0.4, 0.5) is 4.39 Å². The third-order valence-corrected chi connectivity index (χ3v) is 7.49. The largest absolute Gasteiger partial charge is 0.486 e. The van der Waals surface area contributed by atoms with Crippen LogP contribution in [0.25, 0.3) is 0 Å². The Balaban J connectivity index is 1.30. The molecule has 202 valence electrons. The maximum absolute atomic E-state index is 15.1. The van der Waals surface area contributed by atoms with E-state index in [9.17, 15) is 4.79 Å². The highest BCUT2D eigenvalue weighted by molar-refractivity contribution is 6.48. The molecule has 1 aliphatic heterocycles. The van der Waals surface area contributed by atoms with Gasteiger partial charge in [-0.15, -0.1) is 0 Å². The van der Waals surface area contributed by atoms with Gasteiger partial charge in [0.2, 0.25) is 0 Å². The molecule has 8 nitrogen and oxygen atoms in total. The first-order valence-electron chi connectivity index (χ1n) is 13.0. The normalized spacial score (nSPS) is 16.8. The predicted molar refractivity (Wildman–Crippen MR) is 147 cm³/mol. The van der Waals surface area contributed by atoms with Crippen molar-refractivity contribution in [2.45, 2.75) is 64.9 Å². The number of hydrogen-bond acceptors (Lipinski definition) is 5. The van der Waals surface area contributed by atoms with Gasteiger partial charge in [0.1, 0.15) is 5.82 Å². The zero-order valence-corrected chi connectivity index (χ0v) is 22.9. The van der Waals surface area contributed by atoms with Crippen LogP contribution in [0.2, 0.25) is 0 Å². The van der Waals surface area contributed by atoms with Crippen LogP contribution >= 0.6 is 0 Å². The molecule has 0 bridgehead atoms. The van der Waals surface area contributed by atoms with Gasteiger partial charge in [-0.05, 0) is 63.4 Å². The Morgan fingerprint density at radius 3 is 2.23 bits per heavy atom. The van der Waals surface area contributed by atoms with Gasteiger partial charge in [0.15, 0.2) is 0 Å². The van der Waals surface area contributed by atoms with Gasteiger partial charge in [-0.2, -0.15) is 10.2 Å². The minimum Gasteiger partial charge on any atom is -0.402 e. The van der Waals surface area contributed by atoms with E-state index in [1.54, 1.807) is 29.2 Å². The first kappa shape index (κ1) is 26.8. The third-order valence-electron chi connectivity index (χ3n) is 7.49. The van der Waals surface area contributed by atoms with Crippen LogP contribution in [-0.4, -0.2) is 43.8 Å². The molecular weight excluding hydrogens is 496 g/mol. The number of nitrogens with one attached hydrogen (secondary N) is 1. The van der Waals surface area contributed by atoms with E-state index in [1.807, 2.05) is 63.7 Å². The summed E-state index contributed by atoms with van der Waals surface area (Å²) in [5.41, 5.74) is 2.35. The SMILES string of the molecule is Cc1ccc(C(NC(=O)c2cnn(Cc3ccc(Cn4cccn4)cc3)c2)B2OC(C)(C)C(C)(C)O2)c(F)c1. The summed E-state index contributed by atoms with van der Waals surface area (Å²) in [5.74, 6) is -1.68. The van der Waals surface area contributed by atoms with E-state index in [0.717, 1.165) is 16.7 Å². The van der Waals surface area contributed by atoms with Gasteiger partial charge in [-0.1, -0.05) is 36.4 Å². The number of nitrogens with zero attached hydrogens (tertiary/aromatic N) is 4. The predicted octanol–water partition coefficient (Wildman–Crippen LogP) is 4.73. The number of carbonyl (C=O) groups is 1. The van der Waals surface area contributed by atoms with Crippen molar-refractivity contribution in [2.24, 2.45) is 0 Å². The molecule has 1 saturated heterocycles. The number of halogens is 1. The summed E-state index contributed by atoms with van der Waals surface area (Å²) < 4.78 is 31.1. The summed E-state index contributed by atoms with van der Waals surface area (Å²) in [4.78, 5) is 13.3. The lowest BCUT2D eigenvalue weighted by atomic mass is 9.73. The quantitative estimate of drug-likeness (QED) is 0.334. The summed E-state index contributed by atoms with van der Waals surface area (Å²) in [7, 11) is -0.869. The van der Waals surface area contributed by atoms with Crippen LogP contribution in [-0.2, 0) is 22.4 Å². The molecule has 1 aliphatic rings. The molecule has 0 aliphatic carbocycles. The van der Waals surface area contributed by atoms with E-state index in [-0.39, 0.29) is 0 Å². The Kier molecular flexibility index (Phi) is 7.18. The minimum atomic E-state index is -0.869. The van der Waals surface area contributed by atoms with E-state index in [2.05, 4.69) is 27.6 Å². The van der Waals surface area contributed by atoms with Crippen molar-refractivity contribution in [3.63, 3.8) is 0 Å². The van der Waals surface area contributed by atoms with Crippen LogP contribution in [0.5, 0.6) is 0 Å². The summed E-state index contributed by atoms with van der Waals surface area (Å²) in [6.45, 7) is 10.7. The third kappa shape index (κ3) is 5.82. The summed E-state index contributed by atoms with van der Waals surface area (Å²) >= 11 is 0. The molecule has 1 atom stereocenters. The molecule has 0 saturated carbocycles. The van der Waals surface area contributed by atoms with E-state index in [1.165, 1.54) is 12.3 Å². The lowest BCUT2D eigenvalue weighted by molar-refractivity contribution is 0.00578. The maximum atomic E-state index is 15.1. The second-order valence-corrected chi connectivity index (χ2v) is 11.0. The van der Waals surface area contributed by atoms with E-state index in [4.69, 9.17) is 9.31 Å². The molecular formula is C29H33BFN5O3. The second kappa shape index (κ2) is 10.4. The Bertz CT molecular complexity index is 1430. The van der Waals surface area contributed by atoms with Crippen LogP contribution in [0, 0.1) is 12.7 Å². The molecule has 1 unspecified atom stereocenters. The van der Waals surface area contributed by atoms with Gasteiger partial charge in [0.25, 0.3) is 5.91 Å². The van der Waals surface area contributed by atoms with Crippen molar-refractivity contribution >= 4 is 13.0 Å². The zero-order valence-electron chi connectivity index (χ0n) is 22.9. The molecule has 5 rings (SSSR count). The van der Waals surface area contributed by atoms with E-state index >= 15 is 4.39 Å². The molecule has 1 fully saturated rings. The minimum absolute atomic E-state index is 0.301. The van der Waals surface area contributed by atoms with Crippen molar-refractivity contribution in [2.75, 3.05) is 0 Å². The van der Waals surface area contributed by atoms with Gasteiger partial charge in [0, 0.05) is 24.2 Å². The standard InChI is InChI=1S/C29H33BFN5O3/c1-20-7-12-24(25(31)15-20)26(30-38-28(2,3)29(4,5)39-30)34-27(37)23-16-33-36(19-23)18-22-10-8-21(9-11-22)17-35-14-6-13-32-35/h6-16,19,26H,17-18H2,1-5H3,(H,34,37). The number of hydrogen-bond donors (Lipinski definition) is 1. The van der Waals surface area contributed by atoms with Crippen LogP contribution < -0.4 is 5.32 Å². The summed E-state index contributed by atoms with van der Waals surface area (Å²) in [6, 6.07) is 15.0. The van der Waals surface area contributed by atoms with Crippen LogP contribution in [0.15, 0.2) is 73.3 Å². The fourth-order valence-electron chi connectivity index (χ4n) is 4.51. The van der Waals surface area contributed by atoms with Crippen LogP contribution in [0.3, 0.4) is 0 Å². The number of amides is 1. The highest BCUT2D eigenvalue weighted by Crippen LogP contribution is 2.40. The molecule has 0 spiro atoms. The number of carbonyl (C=O) groups excluding carboxylic acids is 1. The topological polar surface area (TPSA) is 83.2 Å². The second-order valence-electron chi connectivity index (χ2n) is 11.0. The van der Waals surface area contributed by atoms with Crippen LogP contribution in [0.1, 0.15) is 66.2 Å². The van der Waals surface area contributed by atoms with Crippen molar-refractivity contribution in [1.29, 1.82) is 0 Å². The molecule has 2 aromatic carbocycles. The Morgan fingerprint density at radius 2 is 1.64 bits per heavy atom. The summed E-state index contributed by atoms with van der Waals surface area (Å²) in [6.07, 6.45) is 6.87. The molecule has 4 aromatic rings. The number of aryl methyl sites for hydroxylation is 1. The van der Waals surface area contributed by atoms with Gasteiger partial charge in [-0.3, -0.25) is 14.2 Å². The zero-order chi connectivity index (χ0) is 27.8. The van der Waals surface area contributed by atoms with Crippen molar-refractivity contribution in [3.8, 4) is 0 Å².